The number of aryl methyl sites for hydroxylation is 2. The lowest BCUT2D eigenvalue weighted by Crippen LogP contribution is -2.29. The van der Waals surface area contributed by atoms with E-state index in [2.05, 4.69) is 0 Å². The summed E-state index contributed by atoms with van der Waals surface area (Å²) in [6, 6.07) is 14.5. The van der Waals surface area contributed by atoms with Gasteiger partial charge in [-0.15, -0.1) is 0 Å². The molecule has 0 fully saturated rings. The number of anilines is 1. The zero-order valence-corrected chi connectivity index (χ0v) is 19.6. The van der Waals surface area contributed by atoms with Crippen LogP contribution in [-0.4, -0.2) is 17.6 Å². The molecule has 1 atom stereocenters. The Kier molecular flexibility index (Phi) is 5.33. The number of carbonyl (C=O) groups is 1. The van der Waals surface area contributed by atoms with Crippen LogP contribution < -0.4 is 15.1 Å². The molecule has 0 saturated carbocycles. The minimum atomic E-state index is -0.774. The number of carbonyl (C=O) groups excluding carboxylic acids is 1. The van der Waals surface area contributed by atoms with E-state index in [-0.39, 0.29) is 28.3 Å². The van der Waals surface area contributed by atoms with Crippen LogP contribution in [-0.2, 0) is 0 Å². The highest BCUT2D eigenvalue weighted by atomic mass is 35.5. The molecule has 5 rings (SSSR count). The molecule has 1 aliphatic heterocycles. The van der Waals surface area contributed by atoms with Gasteiger partial charge in [0.2, 0.25) is 5.76 Å². The van der Waals surface area contributed by atoms with Crippen molar-refractivity contribution in [1.82, 2.24) is 0 Å². The van der Waals surface area contributed by atoms with Crippen molar-refractivity contribution in [2.75, 3.05) is 11.5 Å². The summed E-state index contributed by atoms with van der Waals surface area (Å²) in [7, 11) is 0. The Balaban J connectivity index is 1.81. The van der Waals surface area contributed by atoms with Crippen LogP contribution in [0.25, 0.3) is 11.0 Å². The molecule has 7 heteroatoms. The van der Waals surface area contributed by atoms with Crippen LogP contribution in [0.15, 0.2) is 63.8 Å². The summed E-state index contributed by atoms with van der Waals surface area (Å²) >= 11 is 6.15. The Bertz CT molecular complexity index is 1520. The number of phenolic OH excluding ortho intramolecular Hbond substituents is 1. The smallest absolute Gasteiger partial charge is 0.295 e. The van der Waals surface area contributed by atoms with Crippen LogP contribution in [0.4, 0.5) is 5.69 Å². The summed E-state index contributed by atoms with van der Waals surface area (Å²) in [6.07, 6.45) is 0. The minimum absolute atomic E-state index is 0.00548. The Labute approximate surface area is 201 Å². The molecule has 1 aliphatic rings. The van der Waals surface area contributed by atoms with Gasteiger partial charge in [-0.2, -0.15) is 0 Å². The lowest BCUT2D eigenvalue weighted by Gasteiger charge is -2.26. The summed E-state index contributed by atoms with van der Waals surface area (Å²) in [5, 5.41) is 10.9. The van der Waals surface area contributed by atoms with Crippen molar-refractivity contribution in [3.05, 3.63) is 97.9 Å². The SMILES string of the molecule is CCOc1cc(C2c3c(oc4ccc(Cl)cc4c3=O)C(=O)N2c2ccc(C)c(C)c2)ccc1O. The summed E-state index contributed by atoms with van der Waals surface area (Å²) in [6.45, 7) is 6.12. The average Bonchev–Trinajstić information content (AvgIpc) is 3.10. The van der Waals surface area contributed by atoms with E-state index in [1.165, 1.54) is 6.07 Å². The van der Waals surface area contributed by atoms with E-state index in [9.17, 15) is 14.7 Å². The predicted octanol–water partition coefficient (Wildman–Crippen LogP) is 5.92. The van der Waals surface area contributed by atoms with E-state index in [0.29, 0.717) is 33.8 Å². The van der Waals surface area contributed by atoms with E-state index in [1.54, 1.807) is 35.2 Å². The lowest BCUT2D eigenvalue weighted by atomic mass is 9.97. The number of rotatable bonds is 4. The van der Waals surface area contributed by atoms with Crippen molar-refractivity contribution in [3.8, 4) is 11.5 Å². The number of amides is 1. The molecule has 0 spiro atoms. The first-order valence-electron chi connectivity index (χ1n) is 10.9. The molecule has 0 radical (unpaired) electrons. The maximum Gasteiger partial charge on any atom is 0.295 e. The van der Waals surface area contributed by atoms with Crippen LogP contribution in [0.3, 0.4) is 0 Å². The monoisotopic (exact) mass is 475 g/mol. The number of aromatic hydroxyl groups is 1. The van der Waals surface area contributed by atoms with Crippen molar-refractivity contribution < 1.29 is 19.1 Å². The van der Waals surface area contributed by atoms with Gasteiger partial charge in [-0.25, -0.2) is 0 Å². The molecular formula is C27H22ClNO5. The number of ether oxygens (including phenoxy) is 1. The minimum Gasteiger partial charge on any atom is -0.504 e. The Morgan fingerprint density at radius 1 is 1.03 bits per heavy atom. The molecule has 1 aromatic heterocycles. The van der Waals surface area contributed by atoms with Gasteiger partial charge in [-0.05, 0) is 79.9 Å². The summed E-state index contributed by atoms with van der Waals surface area (Å²) < 4.78 is 11.6. The number of halogens is 1. The molecule has 172 valence electrons. The highest BCUT2D eigenvalue weighted by Gasteiger charge is 2.44. The second-order valence-electron chi connectivity index (χ2n) is 8.32. The van der Waals surface area contributed by atoms with Crippen molar-refractivity contribution in [2.45, 2.75) is 26.8 Å². The summed E-state index contributed by atoms with van der Waals surface area (Å²) in [5.74, 6) is -0.170. The molecule has 2 heterocycles. The Morgan fingerprint density at radius 3 is 2.56 bits per heavy atom. The second-order valence-corrected chi connectivity index (χ2v) is 8.76. The van der Waals surface area contributed by atoms with E-state index in [0.717, 1.165) is 11.1 Å². The maximum atomic E-state index is 13.7. The number of hydrogen-bond acceptors (Lipinski definition) is 5. The van der Waals surface area contributed by atoms with Crippen LogP contribution in [0.1, 0.15) is 45.8 Å². The number of hydrogen-bond donors (Lipinski definition) is 1. The Morgan fingerprint density at radius 2 is 1.82 bits per heavy atom. The van der Waals surface area contributed by atoms with Crippen molar-refractivity contribution in [1.29, 1.82) is 0 Å². The van der Waals surface area contributed by atoms with Crippen LogP contribution in [0, 0.1) is 13.8 Å². The molecule has 6 nitrogen and oxygen atoms in total. The Hall–Kier alpha value is -3.77. The van der Waals surface area contributed by atoms with Gasteiger partial charge < -0.3 is 14.3 Å². The fourth-order valence-corrected chi connectivity index (χ4v) is 4.55. The van der Waals surface area contributed by atoms with Crippen molar-refractivity contribution >= 4 is 34.2 Å². The fraction of sp³-hybridized carbons (Fsp3) is 0.185. The lowest BCUT2D eigenvalue weighted by molar-refractivity contribution is 0.0971. The highest BCUT2D eigenvalue weighted by molar-refractivity contribution is 6.31. The standard InChI is InChI=1S/C27H22ClNO5/c1-4-33-22-12-16(6-9-20(22)30)24-23-25(31)19-13-17(28)7-10-21(19)34-26(23)27(32)29(24)18-8-5-14(2)15(3)11-18/h5-13,24,30H,4H2,1-3H3. The fourth-order valence-electron chi connectivity index (χ4n) is 4.37. The molecule has 1 unspecified atom stereocenters. The molecule has 1 amide bonds. The number of fused-ring (bicyclic) bond motifs is 2. The van der Waals surface area contributed by atoms with Gasteiger partial charge in [0.25, 0.3) is 5.91 Å². The average molecular weight is 476 g/mol. The van der Waals surface area contributed by atoms with Gasteiger partial charge in [0, 0.05) is 10.7 Å². The van der Waals surface area contributed by atoms with Gasteiger partial charge >= 0.3 is 0 Å². The molecular weight excluding hydrogens is 454 g/mol. The first-order chi connectivity index (χ1) is 16.3. The van der Waals surface area contributed by atoms with E-state index in [1.807, 2.05) is 39.0 Å². The highest BCUT2D eigenvalue weighted by Crippen LogP contribution is 2.43. The topological polar surface area (TPSA) is 80.0 Å². The zero-order valence-electron chi connectivity index (χ0n) is 18.9. The number of nitrogens with zero attached hydrogens (tertiary/aromatic N) is 1. The largest absolute Gasteiger partial charge is 0.504 e. The van der Waals surface area contributed by atoms with Gasteiger partial charge in [-0.1, -0.05) is 23.7 Å². The zero-order chi connectivity index (χ0) is 24.1. The van der Waals surface area contributed by atoms with Gasteiger partial charge in [0.1, 0.15) is 5.58 Å². The third-order valence-corrected chi connectivity index (χ3v) is 6.44. The molecule has 0 bridgehead atoms. The summed E-state index contributed by atoms with van der Waals surface area (Å²) in [5.41, 5.74) is 3.54. The van der Waals surface area contributed by atoms with Gasteiger partial charge in [0.15, 0.2) is 16.9 Å². The number of phenols is 1. The maximum absolute atomic E-state index is 13.7. The molecule has 34 heavy (non-hydrogen) atoms. The van der Waals surface area contributed by atoms with Crippen LogP contribution >= 0.6 is 11.6 Å². The summed E-state index contributed by atoms with van der Waals surface area (Å²) in [4.78, 5) is 29.0. The predicted molar refractivity (Wildman–Crippen MR) is 131 cm³/mol. The van der Waals surface area contributed by atoms with E-state index >= 15 is 0 Å². The van der Waals surface area contributed by atoms with Gasteiger partial charge in [0.05, 0.1) is 23.6 Å². The molecule has 1 N–H and O–H groups in total. The third kappa shape index (κ3) is 3.42. The molecule has 0 aliphatic carbocycles. The quantitative estimate of drug-likeness (QED) is 0.396. The molecule has 3 aromatic carbocycles. The van der Waals surface area contributed by atoms with Gasteiger partial charge in [-0.3, -0.25) is 14.5 Å². The third-order valence-electron chi connectivity index (χ3n) is 6.20. The van der Waals surface area contributed by atoms with Crippen molar-refractivity contribution in [3.63, 3.8) is 0 Å². The number of benzene rings is 3. The van der Waals surface area contributed by atoms with E-state index in [4.69, 9.17) is 20.8 Å². The molecule has 4 aromatic rings. The normalized spacial score (nSPS) is 15.1. The van der Waals surface area contributed by atoms with E-state index < -0.39 is 11.9 Å². The second kappa shape index (κ2) is 8.22. The first kappa shape index (κ1) is 22.0. The molecule has 0 saturated heterocycles. The van der Waals surface area contributed by atoms with Crippen LogP contribution in [0.2, 0.25) is 5.02 Å². The first-order valence-corrected chi connectivity index (χ1v) is 11.3. The van der Waals surface area contributed by atoms with Crippen molar-refractivity contribution in [2.24, 2.45) is 0 Å². The van der Waals surface area contributed by atoms with Crippen LogP contribution in [0.5, 0.6) is 11.5 Å².